The number of hydrogen-bond donors (Lipinski definition) is 3. The van der Waals surface area contributed by atoms with Crippen LogP contribution in [-0.2, 0) is 14.4 Å². The number of carboxylic acid groups (broad SMARTS) is 1. The van der Waals surface area contributed by atoms with Crippen molar-refractivity contribution >= 4 is 88.2 Å². The molecule has 4 saturated heterocycles. The molecule has 5 aliphatic heterocycles. The Labute approximate surface area is 302 Å². The molecule has 0 spiro atoms. The minimum Gasteiger partial charge on any atom is -1.00 e. The van der Waals surface area contributed by atoms with Crippen LogP contribution in [0.3, 0.4) is 0 Å². The standard InChI is InChI=1S/C15H17N5O3S2.C10H9N3O3S3.Na.H/c16-12(21)11(9-4-2-1-3-5-9)20-10(8-18(13(17)22)14(20)23)19(20)15-24-6-7-25-15;14-6-1-7-13(6)8(9(15)16)5(2-17-7)3-18-10-12-11-4-19-10;;/h1-5,10-11,15H,6-8H2,(H3-,16,17,21,22);4,7H,1-3H2,(H,15,16);;/q;;+1;-1/p+1/t;7-;;/m.0../s1. The minimum atomic E-state index is -1.02. The number of carbonyl (C=O) groups is 5. The number of nitrogens with zero attached hydrogens (tertiary/aromatic N) is 6. The second kappa shape index (κ2) is 14.1. The van der Waals surface area contributed by atoms with Gasteiger partial charge in [-0.15, -0.1) is 50.1 Å². The van der Waals surface area contributed by atoms with E-state index in [4.69, 9.17) is 11.5 Å². The fraction of sp³-hybridized carbons (Fsp3) is 0.400. The van der Waals surface area contributed by atoms with Crippen LogP contribution in [-0.4, -0.2) is 110 Å². The number of imide groups is 1. The third-order valence-electron chi connectivity index (χ3n) is 7.68. The van der Waals surface area contributed by atoms with Crippen LogP contribution in [0.4, 0.5) is 9.59 Å². The summed E-state index contributed by atoms with van der Waals surface area (Å²) in [6.07, 6.45) is 0.152. The van der Waals surface area contributed by atoms with E-state index in [0.29, 0.717) is 23.5 Å². The predicted octanol–water partition coefficient (Wildman–Crippen LogP) is -0.745. The van der Waals surface area contributed by atoms with Crippen LogP contribution in [0.1, 0.15) is 19.5 Å². The van der Waals surface area contributed by atoms with Crippen molar-refractivity contribution in [1.82, 2.24) is 25.0 Å². The van der Waals surface area contributed by atoms with E-state index in [-0.39, 0.29) is 70.0 Å². The van der Waals surface area contributed by atoms with Crippen LogP contribution in [0, 0.1) is 0 Å². The van der Waals surface area contributed by atoms with Crippen LogP contribution in [0.25, 0.3) is 0 Å². The summed E-state index contributed by atoms with van der Waals surface area (Å²) in [5.41, 5.74) is 14.3. The minimum absolute atomic E-state index is 0. The molecule has 5 atom stereocenters. The van der Waals surface area contributed by atoms with E-state index in [9.17, 15) is 29.1 Å². The zero-order chi connectivity index (χ0) is 31.2. The Balaban J connectivity index is 0.000000207. The molecule has 4 fully saturated rings. The monoisotopic (exact) mass is 719 g/mol. The van der Waals surface area contributed by atoms with Gasteiger partial charge in [0.15, 0.2) is 9.05 Å². The van der Waals surface area contributed by atoms with Crippen LogP contribution >= 0.6 is 58.4 Å². The summed E-state index contributed by atoms with van der Waals surface area (Å²) in [6.45, 7) is 0.183. The molecule has 45 heavy (non-hydrogen) atoms. The second-order valence-corrected chi connectivity index (χ2v) is 16.0. The quantitative estimate of drug-likeness (QED) is 0.102. The zero-order valence-electron chi connectivity index (χ0n) is 24.9. The van der Waals surface area contributed by atoms with Crippen LogP contribution < -0.4 is 41.0 Å². The first-order chi connectivity index (χ1) is 21.2. The van der Waals surface area contributed by atoms with Crippen LogP contribution in [0.2, 0.25) is 0 Å². The van der Waals surface area contributed by atoms with Gasteiger partial charge in [-0.3, -0.25) is 14.5 Å². The van der Waals surface area contributed by atoms with Gasteiger partial charge in [0.2, 0.25) is 18.1 Å². The third-order valence-corrected chi connectivity index (χ3v) is 13.9. The normalized spacial score (nSPS) is 27.4. The van der Waals surface area contributed by atoms with Crippen molar-refractivity contribution in [2.75, 3.05) is 29.6 Å². The van der Waals surface area contributed by atoms with E-state index in [1.54, 1.807) is 65.1 Å². The number of carboxylic acids is 1. The van der Waals surface area contributed by atoms with Gasteiger partial charge in [0.1, 0.15) is 17.8 Å². The summed E-state index contributed by atoms with van der Waals surface area (Å²) in [5, 5.41) is 19.0. The maximum absolute atomic E-state index is 13.1. The molecule has 14 nitrogen and oxygen atoms in total. The number of hydrogen-bond acceptors (Lipinski definition) is 13. The average Bonchev–Trinajstić information content (AvgIpc) is 3.49. The van der Waals surface area contributed by atoms with Crippen molar-refractivity contribution in [3.63, 3.8) is 0 Å². The zero-order valence-corrected chi connectivity index (χ0v) is 30.0. The Kier molecular flexibility index (Phi) is 10.8. The van der Waals surface area contributed by atoms with Gasteiger partial charge < -0.3 is 18.0 Å². The van der Waals surface area contributed by atoms with E-state index < -0.39 is 30.0 Å². The second-order valence-electron chi connectivity index (χ2n) is 10.1. The molecule has 6 amide bonds. The summed E-state index contributed by atoms with van der Waals surface area (Å²) in [4.78, 5) is 62.5. The summed E-state index contributed by atoms with van der Waals surface area (Å²) in [6, 6.07) is 6.87. The summed E-state index contributed by atoms with van der Waals surface area (Å²) in [7, 11) is 0. The first-order valence-electron chi connectivity index (χ1n) is 13.3. The molecule has 2 aromatic rings. The fourth-order valence-electron chi connectivity index (χ4n) is 5.79. The average molecular weight is 720 g/mol. The molecule has 234 valence electrons. The molecule has 5 N–H and O–H groups in total. The number of nitrogens with two attached hydrogens (primary N) is 2. The molecule has 0 bridgehead atoms. The predicted molar refractivity (Wildman–Crippen MR) is 169 cm³/mol. The van der Waals surface area contributed by atoms with Crippen molar-refractivity contribution in [1.29, 1.82) is 0 Å². The SMILES string of the molecule is NC(=O)C(c1ccccc1)[N+]12C(=O)N(C(N)=O)CC1N2C1SCCS1.O=C(O)C1=C(CSc2nncs2)CS[C@H]2CC(=O)N12.[H-].[Na+]. The number of aromatic nitrogens is 2. The Morgan fingerprint density at radius 3 is 2.42 bits per heavy atom. The van der Waals surface area contributed by atoms with Gasteiger partial charge in [-0.05, 0) is 5.57 Å². The summed E-state index contributed by atoms with van der Waals surface area (Å²) >= 11 is 7.97. The number of urea groups is 2. The number of β-lactam (4-membered cyclic amide) rings is 1. The number of carbonyl (C=O) groups excluding carboxylic acids is 4. The number of fused-ring (bicyclic) bond motifs is 2. The molecule has 4 unspecified atom stereocenters. The molecule has 7 rings (SSSR count). The van der Waals surface area contributed by atoms with E-state index in [2.05, 4.69) is 10.2 Å². The van der Waals surface area contributed by atoms with Gasteiger partial charge in [-0.2, -0.15) is 0 Å². The van der Waals surface area contributed by atoms with Crippen LogP contribution in [0.15, 0.2) is 51.5 Å². The number of amides is 6. The number of primary amides is 2. The number of quaternary nitrogens is 1. The number of aliphatic carboxylic acids is 1. The maximum atomic E-state index is 13.1. The van der Waals surface area contributed by atoms with Crippen molar-refractivity contribution in [2.45, 2.75) is 33.0 Å². The summed E-state index contributed by atoms with van der Waals surface area (Å²) in [5.74, 6) is 1.44. The summed E-state index contributed by atoms with van der Waals surface area (Å²) < 4.78 is 0.612. The molecule has 0 aliphatic carbocycles. The molecule has 0 saturated carbocycles. The largest absolute Gasteiger partial charge is 1.00 e. The van der Waals surface area contributed by atoms with Crippen molar-refractivity contribution in [3.05, 3.63) is 52.7 Å². The Morgan fingerprint density at radius 2 is 1.84 bits per heavy atom. The van der Waals surface area contributed by atoms with E-state index in [1.165, 1.54) is 28.0 Å². The van der Waals surface area contributed by atoms with Gasteiger partial charge in [-0.25, -0.2) is 19.3 Å². The number of thioether (sulfide) groups is 4. The number of rotatable bonds is 8. The first-order valence-corrected chi connectivity index (χ1v) is 18.3. The van der Waals surface area contributed by atoms with Gasteiger partial charge in [-0.1, -0.05) is 58.4 Å². The molecule has 20 heteroatoms. The van der Waals surface area contributed by atoms with Crippen molar-refractivity contribution in [3.8, 4) is 0 Å². The number of benzene rings is 1. The Morgan fingerprint density at radius 1 is 1.13 bits per heavy atom. The molecule has 1 aromatic heterocycles. The van der Waals surface area contributed by atoms with Crippen LogP contribution in [0.5, 0.6) is 0 Å². The molecule has 6 heterocycles. The third kappa shape index (κ3) is 6.28. The molecular formula is C25H28N8NaO6S5+. The van der Waals surface area contributed by atoms with Crippen molar-refractivity contribution in [2.24, 2.45) is 11.5 Å². The Hall–Kier alpha value is -1.81. The maximum Gasteiger partial charge on any atom is 1.00 e. The first kappa shape index (κ1) is 34.5. The molecule has 5 aliphatic rings. The molecule has 0 radical (unpaired) electrons. The fourth-order valence-corrected chi connectivity index (χ4v) is 11.7. The topological polar surface area (TPSA) is 193 Å². The Bertz CT molecular complexity index is 1540. The van der Waals surface area contributed by atoms with E-state index in [1.807, 2.05) is 11.1 Å². The molecule has 1 aromatic carbocycles. The smallest absolute Gasteiger partial charge is 1.00 e. The van der Waals surface area contributed by atoms with Gasteiger partial charge in [0.25, 0.3) is 5.91 Å². The molecular weight excluding hydrogens is 692 g/mol. The van der Waals surface area contributed by atoms with E-state index in [0.717, 1.165) is 26.3 Å². The van der Waals surface area contributed by atoms with E-state index >= 15 is 0 Å². The van der Waals surface area contributed by atoms with Gasteiger partial charge in [0, 0.05) is 28.6 Å². The van der Waals surface area contributed by atoms with Gasteiger partial charge in [0.05, 0.1) is 11.8 Å². The van der Waals surface area contributed by atoms with Gasteiger partial charge >= 0.3 is 47.6 Å². The van der Waals surface area contributed by atoms with Crippen molar-refractivity contribution < 1.29 is 64.7 Å².